The van der Waals surface area contributed by atoms with Crippen molar-refractivity contribution in [3.63, 3.8) is 0 Å². The molecule has 1 N–H and O–H groups in total. The first-order valence-corrected chi connectivity index (χ1v) is 6.50. The van der Waals surface area contributed by atoms with Crippen LogP contribution in [0, 0.1) is 4.77 Å². The number of nitrogens with one attached hydrogen (secondary N) is 1. The van der Waals surface area contributed by atoms with Crippen molar-refractivity contribution < 1.29 is 0 Å². The highest BCUT2D eigenvalue weighted by molar-refractivity contribution is 7.71. The Bertz CT molecular complexity index is 621. The topological polar surface area (TPSA) is 49.2 Å². The zero-order chi connectivity index (χ0) is 13.8. The van der Waals surface area contributed by atoms with Gasteiger partial charge in [-0.2, -0.15) is 14.9 Å². The van der Waals surface area contributed by atoms with Crippen LogP contribution in [-0.2, 0) is 6.42 Å². The molecule has 0 saturated carbocycles. The van der Waals surface area contributed by atoms with E-state index in [1.54, 1.807) is 10.9 Å². The Morgan fingerprint density at radius 3 is 2.63 bits per heavy atom. The zero-order valence-electron chi connectivity index (χ0n) is 11.3. The fraction of sp³-hybridized carbons (Fsp3) is 0.308. The van der Waals surface area contributed by atoms with Crippen molar-refractivity contribution >= 4 is 24.1 Å². The van der Waals surface area contributed by atoms with Crippen molar-refractivity contribution in [2.45, 2.75) is 13.3 Å². The van der Waals surface area contributed by atoms with Crippen molar-refractivity contribution in [3.8, 4) is 0 Å². The third-order valence-corrected chi connectivity index (χ3v) is 3.03. The third-order valence-electron chi connectivity index (χ3n) is 2.77. The van der Waals surface area contributed by atoms with Crippen LogP contribution in [0.3, 0.4) is 0 Å². The highest BCUT2D eigenvalue weighted by Crippen LogP contribution is 2.11. The number of benzene rings is 1. The molecule has 19 heavy (non-hydrogen) atoms. The van der Waals surface area contributed by atoms with Gasteiger partial charge in [0, 0.05) is 26.2 Å². The van der Waals surface area contributed by atoms with Crippen molar-refractivity contribution in [2.75, 3.05) is 19.0 Å². The van der Waals surface area contributed by atoms with Gasteiger partial charge in [0.1, 0.15) is 0 Å². The summed E-state index contributed by atoms with van der Waals surface area (Å²) in [4.78, 5) is 2.06. The van der Waals surface area contributed by atoms with Crippen LogP contribution >= 0.6 is 12.2 Å². The van der Waals surface area contributed by atoms with Crippen molar-refractivity contribution in [2.24, 2.45) is 5.10 Å². The summed E-state index contributed by atoms with van der Waals surface area (Å²) in [5.41, 5.74) is 2.18. The van der Waals surface area contributed by atoms with Gasteiger partial charge < -0.3 is 4.90 Å². The molecule has 0 aliphatic heterocycles. The molecule has 1 aromatic heterocycles. The van der Waals surface area contributed by atoms with E-state index in [9.17, 15) is 0 Å². The van der Waals surface area contributed by atoms with Crippen LogP contribution in [0.2, 0.25) is 0 Å². The van der Waals surface area contributed by atoms with Crippen LogP contribution in [0.25, 0.3) is 0 Å². The Morgan fingerprint density at radius 2 is 2.05 bits per heavy atom. The van der Waals surface area contributed by atoms with E-state index in [0.717, 1.165) is 23.5 Å². The van der Waals surface area contributed by atoms with Gasteiger partial charge in [0.25, 0.3) is 0 Å². The lowest BCUT2D eigenvalue weighted by Crippen LogP contribution is -2.08. The number of anilines is 1. The van der Waals surface area contributed by atoms with E-state index >= 15 is 0 Å². The minimum atomic E-state index is 0.512. The molecule has 0 saturated heterocycles. The highest BCUT2D eigenvalue weighted by Gasteiger charge is 2.01. The van der Waals surface area contributed by atoms with Crippen LogP contribution in [-0.4, -0.2) is 35.2 Å². The number of H-pyrrole nitrogens is 1. The van der Waals surface area contributed by atoms with Gasteiger partial charge in [0.05, 0.1) is 6.21 Å². The Kier molecular flexibility index (Phi) is 4.11. The fourth-order valence-electron chi connectivity index (χ4n) is 1.66. The summed E-state index contributed by atoms with van der Waals surface area (Å²) in [5, 5.41) is 11.2. The van der Waals surface area contributed by atoms with Gasteiger partial charge in [0.2, 0.25) is 4.77 Å². The smallest absolute Gasteiger partial charge is 0.216 e. The molecule has 1 heterocycles. The van der Waals surface area contributed by atoms with Crippen LogP contribution in [0.4, 0.5) is 5.69 Å². The Morgan fingerprint density at radius 1 is 1.37 bits per heavy atom. The molecular formula is C13H17N5S. The summed E-state index contributed by atoms with van der Waals surface area (Å²) in [6, 6.07) is 8.15. The second-order valence-corrected chi connectivity index (χ2v) is 4.73. The van der Waals surface area contributed by atoms with Crippen molar-refractivity contribution in [3.05, 3.63) is 40.4 Å². The monoisotopic (exact) mass is 275 g/mol. The van der Waals surface area contributed by atoms with E-state index in [1.165, 1.54) is 0 Å². The SMILES string of the molecule is CCc1n[nH]c(=S)n1/N=C\c1ccc(N(C)C)cc1. The summed E-state index contributed by atoms with van der Waals surface area (Å²) in [6.07, 6.45) is 2.56. The van der Waals surface area contributed by atoms with Gasteiger partial charge >= 0.3 is 0 Å². The lowest BCUT2D eigenvalue weighted by molar-refractivity contribution is 0.780. The molecule has 6 heteroatoms. The molecule has 0 unspecified atom stereocenters. The zero-order valence-corrected chi connectivity index (χ0v) is 12.1. The van der Waals surface area contributed by atoms with Crippen molar-refractivity contribution in [1.82, 2.24) is 14.9 Å². The lowest BCUT2D eigenvalue weighted by Gasteiger charge is -2.11. The molecule has 0 amide bonds. The quantitative estimate of drug-likeness (QED) is 0.689. The molecule has 0 aliphatic rings. The third kappa shape index (κ3) is 3.08. The van der Waals surface area contributed by atoms with E-state index in [4.69, 9.17) is 12.2 Å². The van der Waals surface area contributed by atoms with Crippen LogP contribution in [0.5, 0.6) is 0 Å². The number of rotatable bonds is 4. The molecule has 0 spiro atoms. The van der Waals surface area contributed by atoms with E-state index in [-0.39, 0.29) is 0 Å². The van der Waals surface area contributed by atoms with Gasteiger partial charge in [-0.1, -0.05) is 19.1 Å². The number of nitrogens with zero attached hydrogens (tertiary/aromatic N) is 4. The van der Waals surface area contributed by atoms with Crippen LogP contribution in [0.15, 0.2) is 29.4 Å². The van der Waals surface area contributed by atoms with E-state index in [0.29, 0.717) is 4.77 Å². The molecule has 2 aromatic rings. The number of aromatic nitrogens is 3. The molecule has 100 valence electrons. The summed E-state index contributed by atoms with van der Waals surface area (Å²) in [6.45, 7) is 2.02. The van der Waals surface area contributed by atoms with Crippen LogP contribution in [0.1, 0.15) is 18.3 Å². The summed E-state index contributed by atoms with van der Waals surface area (Å²) in [5.74, 6) is 0.825. The van der Waals surface area contributed by atoms with Crippen molar-refractivity contribution in [1.29, 1.82) is 0 Å². The average molecular weight is 275 g/mol. The van der Waals surface area contributed by atoms with Gasteiger partial charge in [-0.3, -0.25) is 5.10 Å². The van der Waals surface area contributed by atoms with Gasteiger partial charge in [-0.05, 0) is 29.9 Å². The number of aryl methyl sites for hydroxylation is 1. The van der Waals surface area contributed by atoms with Gasteiger partial charge in [-0.25, -0.2) is 0 Å². The summed E-state index contributed by atoms with van der Waals surface area (Å²) in [7, 11) is 4.03. The standard InChI is InChI=1S/C13H17N5S/c1-4-12-15-16-13(19)18(12)14-9-10-5-7-11(8-6-10)17(2)3/h5-9H,4H2,1-3H3,(H,16,19)/b14-9-. The minimum absolute atomic E-state index is 0.512. The first-order valence-electron chi connectivity index (χ1n) is 6.10. The molecule has 0 radical (unpaired) electrons. The molecule has 0 aliphatic carbocycles. The van der Waals surface area contributed by atoms with Gasteiger partial charge in [0.15, 0.2) is 5.82 Å². The van der Waals surface area contributed by atoms with Crippen LogP contribution < -0.4 is 4.90 Å². The largest absolute Gasteiger partial charge is 0.378 e. The molecule has 0 fully saturated rings. The molecule has 0 atom stereocenters. The fourth-order valence-corrected chi connectivity index (χ4v) is 1.85. The number of aromatic amines is 1. The second-order valence-electron chi connectivity index (χ2n) is 4.34. The number of hydrogen-bond acceptors (Lipinski definition) is 4. The molecule has 5 nitrogen and oxygen atoms in total. The Hall–Kier alpha value is -1.95. The highest BCUT2D eigenvalue weighted by atomic mass is 32.1. The molecular weight excluding hydrogens is 258 g/mol. The first-order chi connectivity index (χ1) is 9.11. The maximum Gasteiger partial charge on any atom is 0.216 e. The minimum Gasteiger partial charge on any atom is -0.378 e. The van der Waals surface area contributed by atoms with E-state index < -0.39 is 0 Å². The molecule has 2 rings (SSSR count). The Balaban J connectivity index is 2.22. The summed E-state index contributed by atoms with van der Waals surface area (Å²) < 4.78 is 2.16. The predicted molar refractivity (Wildman–Crippen MR) is 80.6 cm³/mol. The average Bonchev–Trinajstić information content (AvgIpc) is 2.77. The predicted octanol–water partition coefficient (Wildman–Crippen LogP) is 2.45. The Labute approximate surface area is 117 Å². The normalized spacial score (nSPS) is 11.1. The van der Waals surface area contributed by atoms with E-state index in [1.807, 2.05) is 33.2 Å². The second kappa shape index (κ2) is 5.79. The maximum atomic E-state index is 5.13. The molecule has 1 aromatic carbocycles. The molecule has 0 bridgehead atoms. The first kappa shape index (κ1) is 13.5. The van der Waals surface area contributed by atoms with E-state index in [2.05, 4.69) is 32.3 Å². The number of hydrogen-bond donors (Lipinski definition) is 1. The summed E-state index contributed by atoms with van der Waals surface area (Å²) >= 11 is 5.13. The maximum absolute atomic E-state index is 5.13. The lowest BCUT2D eigenvalue weighted by atomic mass is 10.2. The van der Waals surface area contributed by atoms with Gasteiger partial charge in [-0.15, -0.1) is 0 Å².